The first kappa shape index (κ1) is 11.5. The molecule has 4 heteroatoms. The molecule has 0 aromatic heterocycles. The molecule has 14 heavy (non-hydrogen) atoms. The molecule has 1 saturated heterocycles. The molecule has 0 radical (unpaired) electrons. The Morgan fingerprint density at radius 3 is 3.00 bits per heavy atom. The molecule has 82 valence electrons. The average Bonchev–Trinajstić information content (AvgIpc) is 2.15. The summed E-state index contributed by atoms with van der Waals surface area (Å²) in [5, 5.41) is 5.74. The van der Waals surface area contributed by atoms with Crippen molar-refractivity contribution in [1.82, 2.24) is 10.6 Å². The zero-order valence-electron chi connectivity index (χ0n) is 9.01. The highest BCUT2D eigenvalue weighted by atomic mass is 16.5. The molecule has 1 rings (SSSR count). The van der Waals surface area contributed by atoms with Gasteiger partial charge in [0.2, 0.25) is 5.91 Å². The SMILES string of the molecule is CNCC(=O)NCC1CCOC(C)C1. The lowest BCUT2D eigenvalue weighted by Crippen LogP contribution is -2.37. The van der Waals surface area contributed by atoms with Crippen LogP contribution in [0.4, 0.5) is 0 Å². The van der Waals surface area contributed by atoms with Gasteiger partial charge in [-0.25, -0.2) is 0 Å². The van der Waals surface area contributed by atoms with Crippen LogP contribution in [0.5, 0.6) is 0 Å². The quantitative estimate of drug-likeness (QED) is 0.678. The van der Waals surface area contributed by atoms with Crippen molar-refractivity contribution in [3.8, 4) is 0 Å². The zero-order valence-corrected chi connectivity index (χ0v) is 9.01. The van der Waals surface area contributed by atoms with Crippen LogP contribution in [0.2, 0.25) is 0 Å². The number of amides is 1. The van der Waals surface area contributed by atoms with Crippen LogP contribution < -0.4 is 10.6 Å². The summed E-state index contributed by atoms with van der Waals surface area (Å²) in [5.41, 5.74) is 0. The highest BCUT2D eigenvalue weighted by molar-refractivity contribution is 5.77. The summed E-state index contributed by atoms with van der Waals surface area (Å²) in [5.74, 6) is 0.659. The van der Waals surface area contributed by atoms with Gasteiger partial charge in [0.15, 0.2) is 0 Å². The van der Waals surface area contributed by atoms with E-state index in [-0.39, 0.29) is 5.91 Å². The van der Waals surface area contributed by atoms with Crippen molar-refractivity contribution in [2.45, 2.75) is 25.9 Å². The summed E-state index contributed by atoms with van der Waals surface area (Å²) in [6.45, 7) is 4.10. The Hall–Kier alpha value is -0.610. The van der Waals surface area contributed by atoms with Crippen molar-refractivity contribution in [2.75, 3.05) is 26.7 Å². The number of ether oxygens (including phenoxy) is 1. The van der Waals surface area contributed by atoms with Crippen molar-refractivity contribution in [2.24, 2.45) is 5.92 Å². The molecule has 2 atom stereocenters. The van der Waals surface area contributed by atoms with E-state index in [2.05, 4.69) is 17.6 Å². The molecule has 1 heterocycles. The number of carbonyl (C=O) groups is 1. The molecule has 4 nitrogen and oxygen atoms in total. The monoisotopic (exact) mass is 200 g/mol. The number of carbonyl (C=O) groups excluding carboxylic acids is 1. The van der Waals surface area contributed by atoms with Crippen LogP contribution in [0.3, 0.4) is 0 Å². The smallest absolute Gasteiger partial charge is 0.233 e. The third kappa shape index (κ3) is 4.07. The zero-order chi connectivity index (χ0) is 10.4. The number of hydrogen-bond donors (Lipinski definition) is 2. The van der Waals surface area contributed by atoms with Crippen molar-refractivity contribution < 1.29 is 9.53 Å². The number of nitrogens with one attached hydrogen (secondary N) is 2. The number of likely N-dealkylation sites (N-methyl/N-ethyl adjacent to an activating group) is 1. The maximum Gasteiger partial charge on any atom is 0.233 e. The second kappa shape index (κ2) is 5.98. The molecule has 2 unspecified atom stereocenters. The molecule has 0 aliphatic carbocycles. The molecule has 0 saturated carbocycles. The van der Waals surface area contributed by atoms with Gasteiger partial charge in [0.25, 0.3) is 0 Å². The van der Waals surface area contributed by atoms with E-state index in [9.17, 15) is 4.79 Å². The Bertz CT molecular complexity index is 185. The Morgan fingerprint density at radius 1 is 1.57 bits per heavy atom. The molecule has 1 fully saturated rings. The van der Waals surface area contributed by atoms with E-state index in [0.29, 0.717) is 18.6 Å². The van der Waals surface area contributed by atoms with Crippen LogP contribution in [0.15, 0.2) is 0 Å². The lowest BCUT2D eigenvalue weighted by molar-refractivity contribution is -0.120. The maximum absolute atomic E-state index is 11.2. The van der Waals surface area contributed by atoms with E-state index in [1.54, 1.807) is 7.05 Å². The normalized spacial score (nSPS) is 27.3. The Labute approximate surface area is 85.4 Å². The fourth-order valence-electron chi connectivity index (χ4n) is 1.76. The van der Waals surface area contributed by atoms with Crippen LogP contribution in [0.1, 0.15) is 19.8 Å². The fourth-order valence-corrected chi connectivity index (χ4v) is 1.76. The molecule has 1 aliphatic rings. The van der Waals surface area contributed by atoms with Gasteiger partial charge in [-0.2, -0.15) is 0 Å². The van der Waals surface area contributed by atoms with Crippen molar-refractivity contribution >= 4 is 5.91 Å². The molecule has 0 bridgehead atoms. The predicted molar refractivity (Wildman–Crippen MR) is 55.1 cm³/mol. The van der Waals surface area contributed by atoms with Gasteiger partial charge in [0.1, 0.15) is 0 Å². The van der Waals surface area contributed by atoms with E-state index in [4.69, 9.17) is 4.74 Å². The minimum absolute atomic E-state index is 0.0756. The Morgan fingerprint density at radius 2 is 2.36 bits per heavy atom. The number of hydrogen-bond acceptors (Lipinski definition) is 3. The Kier molecular flexibility index (Phi) is 4.90. The summed E-state index contributed by atoms with van der Waals surface area (Å²) in [4.78, 5) is 11.2. The maximum atomic E-state index is 11.2. The van der Waals surface area contributed by atoms with E-state index in [0.717, 1.165) is 26.0 Å². The second-order valence-corrected chi connectivity index (χ2v) is 3.91. The van der Waals surface area contributed by atoms with Gasteiger partial charge < -0.3 is 15.4 Å². The Balaban J connectivity index is 2.14. The van der Waals surface area contributed by atoms with E-state index in [1.165, 1.54) is 0 Å². The lowest BCUT2D eigenvalue weighted by atomic mass is 9.96. The first-order chi connectivity index (χ1) is 6.72. The lowest BCUT2D eigenvalue weighted by Gasteiger charge is -2.27. The predicted octanol–water partition coefficient (Wildman–Crippen LogP) is 0.137. The van der Waals surface area contributed by atoms with Gasteiger partial charge in [-0.1, -0.05) is 0 Å². The fraction of sp³-hybridized carbons (Fsp3) is 0.900. The molecule has 0 spiro atoms. The standard InChI is InChI=1S/C10H20N2O2/c1-8-5-9(3-4-14-8)6-12-10(13)7-11-2/h8-9,11H,3-7H2,1-2H3,(H,12,13). The highest BCUT2D eigenvalue weighted by Crippen LogP contribution is 2.18. The first-order valence-corrected chi connectivity index (χ1v) is 5.25. The van der Waals surface area contributed by atoms with Crippen LogP contribution in [0, 0.1) is 5.92 Å². The van der Waals surface area contributed by atoms with Crippen LogP contribution in [0.25, 0.3) is 0 Å². The van der Waals surface area contributed by atoms with Gasteiger partial charge in [-0.15, -0.1) is 0 Å². The first-order valence-electron chi connectivity index (χ1n) is 5.25. The topological polar surface area (TPSA) is 50.4 Å². The molecule has 0 aromatic rings. The van der Waals surface area contributed by atoms with Crippen molar-refractivity contribution in [3.05, 3.63) is 0 Å². The number of rotatable bonds is 4. The van der Waals surface area contributed by atoms with E-state index >= 15 is 0 Å². The third-order valence-electron chi connectivity index (χ3n) is 2.52. The van der Waals surface area contributed by atoms with Crippen LogP contribution in [-0.2, 0) is 9.53 Å². The van der Waals surface area contributed by atoms with Crippen molar-refractivity contribution in [3.63, 3.8) is 0 Å². The average molecular weight is 200 g/mol. The van der Waals surface area contributed by atoms with Gasteiger partial charge in [0, 0.05) is 13.2 Å². The van der Waals surface area contributed by atoms with Crippen LogP contribution >= 0.6 is 0 Å². The molecule has 1 amide bonds. The molecular weight excluding hydrogens is 180 g/mol. The highest BCUT2D eigenvalue weighted by Gasteiger charge is 2.19. The summed E-state index contributed by atoms with van der Waals surface area (Å²) < 4.78 is 5.44. The minimum Gasteiger partial charge on any atom is -0.378 e. The second-order valence-electron chi connectivity index (χ2n) is 3.91. The molecule has 1 aliphatic heterocycles. The van der Waals surface area contributed by atoms with E-state index < -0.39 is 0 Å². The minimum atomic E-state index is 0.0756. The van der Waals surface area contributed by atoms with Gasteiger partial charge in [-0.3, -0.25) is 4.79 Å². The summed E-state index contributed by atoms with van der Waals surface area (Å²) in [7, 11) is 1.77. The third-order valence-corrected chi connectivity index (χ3v) is 2.52. The van der Waals surface area contributed by atoms with Crippen LogP contribution in [-0.4, -0.2) is 38.8 Å². The van der Waals surface area contributed by atoms with Gasteiger partial charge >= 0.3 is 0 Å². The largest absolute Gasteiger partial charge is 0.378 e. The summed E-state index contributed by atoms with van der Waals surface area (Å²) in [6, 6.07) is 0. The molecule has 0 aromatic carbocycles. The molecular formula is C10H20N2O2. The van der Waals surface area contributed by atoms with Crippen molar-refractivity contribution in [1.29, 1.82) is 0 Å². The summed E-state index contributed by atoms with van der Waals surface area (Å²) in [6.07, 6.45) is 2.46. The van der Waals surface area contributed by atoms with Gasteiger partial charge in [0.05, 0.1) is 12.6 Å². The van der Waals surface area contributed by atoms with Gasteiger partial charge in [-0.05, 0) is 32.7 Å². The summed E-state index contributed by atoms with van der Waals surface area (Å²) >= 11 is 0. The van der Waals surface area contributed by atoms with E-state index in [1.807, 2.05) is 0 Å². The molecule has 2 N–H and O–H groups in total.